The highest BCUT2D eigenvalue weighted by Crippen LogP contribution is 2.21. The Morgan fingerprint density at radius 3 is 2.65 bits per heavy atom. The smallest absolute Gasteiger partial charge is 0.222 e. The molecule has 2 aromatic rings. The maximum absolute atomic E-state index is 12.1. The molecule has 0 aliphatic carbocycles. The number of nitrogens with zero attached hydrogens (tertiary/aromatic N) is 3. The molecule has 3 rings (SSSR count). The van der Waals surface area contributed by atoms with Crippen LogP contribution in [0.1, 0.15) is 12.8 Å². The molecule has 6 heteroatoms. The maximum Gasteiger partial charge on any atom is 0.222 e. The number of aryl methyl sites for hydroxylation is 1. The van der Waals surface area contributed by atoms with Gasteiger partial charge in [0, 0.05) is 54.3 Å². The lowest BCUT2D eigenvalue weighted by molar-refractivity contribution is -0.130. The fourth-order valence-electron chi connectivity index (χ4n) is 2.64. The van der Waals surface area contributed by atoms with E-state index in [-0.39, 0.29) is 5.91 Å². The Kier molecular flexibility index (Phi) is 5.62. The zero-order valence-electron chi connectivity index (χ0n) is 12.9. The normalized spacial score (nSPS) is 14.9. The summed E-state index contributed by atoms with van der Waals surface area (Å²) in [6.45, 7) is 2.56. The molecule has 1 aromatic carbocycles. The minimum absolute atomic E-state index is 0.274. The van der Waals surface area contributed by atoms with Crippen molar-refractivity contribution >= 4 is 29.3 Å². The van der Waals surface area contributed by atoms with Gasteiger partial charge in [0.15, 0.2) is 0 Å². The summed E-state index contributed by atoms with van der Waals surface area (Å²) in [7, 11) is 0. The van der Waals surface area contributed by atoms with E-state index in [9.17, 15) is 4.79 Å². The molecule has 4 nitrogen and oxygen atoms in total. The fraction of sp³-hybridized carbons (Fsp3) is 0.412. The zero-order valence-corrected chi connectivity index (χ0v) is 14.5. The maximum atomic E-state index is 12.1. The Balaban J connectivity index is 1.49. The first-order valence-electron chi connectivity index (χ1n) is 7.86. The summed E-state index contributed by atoms with van der Waals surface area (Å²) >= 11 is 7.83. The highest BCUT2D eigenvalue weighted by Gasteiger charge is 2.16. The van der Waals surface area contributed by atoms with Crippen molar-refractivity contribution in [3.8, 4) is 11.1 Å². The molecule has 23 heavy (non-hydrogen) atoms. The molecule has 1 saturated heterocycles. The lowest BCUT2D eigenvalue weighted by Gasteiger charge is -2.26. The Morgan fingerprint density at radius 1 is 1.17 bits per heavy atom. The van der Waals surface area contributed by atoms with Crippen LogP contribution in [-0.2, 0) is 11.3 Å². The number of hydrogen-bond donors (Lipinski definition) is 0. The van der Waals surface area contributed by atoms with Crippen LogP contribution in [0.2, 0.25) is 5.02 Å². The molecule has 0 bridgehead atoms. The van der Waals surface area contributed by atoms with Crippen molar-refractivity contribution < 1.29 is 4.79 Å². The molecule has 0 unspecified atom stereocenters. The van der Waals surface area contributed by atoms with Gasteiger partial charge in [-0.1, -0.05) is 23.7 Å². The average Bonchev–Trinajstić information content (AvgIpc) is 3.05. The summed E-state index contributed by atoms with van der Waals surface area (Å²) in [5.74, 6) is 2.40. The molecule has 0 N–H and O–H groups in total. The second-order valence-electron chi connectivity index (χ2n) is 5.60. The van der Waals surface area contributed by atoms with Crippen molar-refractivity contribution in [1.29, 1.82) is 0 Å². The van der Waals surface area contributed by atoms with Crippen LogP contribution in [-0.4, -0.2) is 45.2 Å². The molecule has 1 amide bonds. The predicted molar refractivity (Wildman–Crippen MR) is 95.8 cm³/mol. The molecule has 0 spiro atoms. The van der Waals surface area contributed by atoms with E-state index in [1.807, 2.05) is 58.0 Å². The van der Waals surface area contributed by atoms with Crippen LogP contribution in [0, 0.1) is 0 Å². The van der Waals surface area contributed by atoms with Crippen LogP contribution >= 0.6 is 23.4 Å². The first-order chi connectivity index (χ1) is 11.2. The Bertz CT molecular complexity index is 650. The first kappa shape index (κ1) is 16.4. The summed E-state index contributed by atoms with van der Waals surface area (Å²) < 4.78 is 1.91. The third-order valence-electron chi connectivity index (χ3n) is 3.95. The quantitative estimate of drug-likeness (QED) is 0.828. The third-order valence-corrected chi connectivity index (χ3v) is 5.15. The van der Waals surface area contributed by atoms with Gasteiger partial charge < -0.3 is 4.90 Å². The summed E-state index contributed by atoms with van der Waals surface area (Å²) in [5.41, 5.74) is 2.17. The lowest BCUT2D eigenvalue weighted by Crippen LogP contribution is -2.37. The van der Waals surface area contributed by atoms with Gasteiger partial charge in [-0.05, 0) is 24.1 Å². The van der Waals surface area contributed by atoms with Crippen molar-refractivity contribution in [1.82, 2.24) is 14.7 Å². The van der Waals surface area contributed by atoms with E-state index in [1.54, 1.807) is 0 Å². The van der Waals surface area contributed by atoms with Crippen molar-refractivity contribution in [2.24, 2.45) is 0 Å². The Labute approximate surface area is 145 Å². The predicted octanol–water partition coefficient (Wildman–Crippen LogP) is 3.56. The average molecular weight is 350 g/mol. The third kappa shape index (κ3) is 4.52. The molecular weight excluding hydrogens is 330 g/mol. The topological polar surface area (TPSA) is 38.1 Å². The summed E-state index contributed by atoms with van der Waals surface area (Å²) in [6, 6.07) is 7.73. The Morgan fingerprint density at radius 2 is 1.91 bits per heavy atom. The van der Waals surface area contributed by atoms with E-state index in [0.717, 1.165) is 53.7 Å². The molecular formula is C17H20ClN3OS. The second kappa shape index (κ2) is 7.88. The molecule has 122 valence electrons. The summed E-state index contributed by atoms with van der Waals surface area (Å²) in [5, 5.41) is 5.11. The first-order valence-corrected chi connectivity index (χ1v) is 9.39. The van der Waals surface area contributed by atoms with E-state index in [2.05, 4.69) is 5.10 Å². The van der Waals surface area contributed by atoms with Crippen LogP contribution in [0.5, 0.6) is 0 Å². The fourth-order valence-corrected chi connectivity index (χ4v) is 3.67. The van der Waals surface area contributed by atoms with Crippen molar-refractivity contribution in [2.75, 3.05) is 24.6 Å². The molecule has 1 aromatic heterocycles. The van der Waals surface area contributed by atoms with E-state index >= 15 is 0 Å². The lowest BCUT2D eigenvalue weighted by atomic mass is 10.1. The van der Waals surface area contributed by atoms with Crippen LogP contribution in [0.25, 0.3) is 11.1 Å². The van der Waals surface area contributed by atoms with Gasteiger partial charge >= 0.3 is 0 Å². The number of thioether (sulfide) groups is 1. The molecule has 1 aliphatic heterocycles. The number of aromatic nitrogens is 2. The minimum atomic E-state index is 0.274. The SMILES string of the molecule is O=C(CCCn1cc(-c2ccc(Cl)cc2)cn1)N1CCSCC1. The van der Waals surface area contributed by atoms with Gasteiger partial charge in [0.05, 0.1) is 6.20 Å². The number of halogens is 1. The van der Waals surface area contributed by atoms with Crippen LogP contribution < -0.4 is 0 Å². The number of hydrogen-bond acceptors (Lipinski definition) is 3. The van der Waals surface area contributed by atoms with E-state index < -0.39 is 0 Å². The molecule has 2 heterocycles. The van der Waals surface area contributed by atoms with Gasteiger partial charge in [-0.15, -0.1) is 0 Å². The standard InChI is InChI=1S/C17H20ClN3OS/c18-16-5-3-14(4-6-16)15-12-19-21(13-15)7-1-2-17(22)20-8-10-23-11-9-20/h3-6,12-13H,1-2,7-11H2. The van der Waals surface area contributed by atoms with Crippen LogP contribution in [0.3, 0.4) is 0 Å². The summed E-state index contributed by atoms with van der Waals surface area (Å²) in [6.07, 6.45) is 5.29. The number of amides is 1. The van der Waals surface area contributed by atoms with Gasteiger partial charge in [-0.2, -0.15) is 16.9 Å². The molecule has 0 saturated carbocycles. The van der Waals surface area contributed by atoms with Gasteiger partial charge in [0.2, 0.25) is 5.91 Å². The van der Waals surface area contributed by atoms with Gasteiger partial charge in [0.25, 0.3) is 0 Å². The number of rotatable bonds is 5. The molecule has 0 radical (unpaired) electrons. The summed E-state index contributed by atoms with van der Waals surface area (Å²) in [4.78, 5) is 14.1. The van der Waals surface area contributed by atoms with E-state index in [4.69, 9.17) is 11.6 Å². The van der Waals surface area contributed by atoms with E-state index in [1.165, 1.54) is 0 Å². The monoisotopic (exact) mass is 349 g/mol. The van der Waals surface area contributed by atoms with Gasteiger partial charge in [-0.25, -0.2) is 0 Å². The van der Waals surface area contributed by atoms with Gasteiger partial charge in [-0.3, -0.25) is 9.48 Å². The Hall–Kier alpha value is -1.46. The van der Waals surface area contributed by atoms with Crippen LogP contribution in [0.15, 0.2) is 36.7 Å². The van der Waals surface area contributed by atoms with Gasteiger partial charge in [0.1, 0.15) is 0 Å². The second-order valence-corrected chi connectivity index (χ2v) is 7.26. The van der Waals surface area contributed by atoms with E-state index in [0.29, 0.717) is 6.42 Å². The van der Waals surface area contributed by atoms with Crippen molar-refractivity contribution in [3.63, 3.8) is 0 Å². The molecule has 1 fully saturated rings. The zero-order chi connectivity index (χ0) is 16.1. The van der Waals surface area contributed by atoms with Crippen molar-refractivity contribution in [2.45, 2.75) is 19.4 Å². The minimum Gasteiger partial charge on any atom is -0.341 e. The molecule has 1 aliphatic rings. The number of carbonyl (C=O) groups is 1. The largest absolute Gasteiger partial charge is 0.341 e. The molecule has 0 atom stereocenters. The van der Waals surface area contributed by atoms with Crippen molar-refractivity contribution in [3.05, 3.63) is 41.7 Å². The van der Waals surface area contributed by atoms with Crippen LogP contribution in [0.4, 0.5) is 0 Å². The highest BCUT2D eigenvalue weighted by molar-refractivity contribution is 7.99. The number of carbonyl (C=O) groups excluding carboxylic acids is 1. The highest BCUT2D eigenvalue weighted by atomic mass is 35.5. The number of benzene rings is 1.